The fraction of sp³-hybridized carbons (Fsp3) is 0.611. The predicted octanol–water partition coefficient (Wildman–Crippen LogP) is 4.11. The number of hydrogen-bond donors (Lipinski definition) is 1. The largest absolute Gasteiger partial charge is 0.308 e. The molecule has 3 nitrogen and oxygen atoms in total. The lowest BCUT2D eigenvalue weighted by molar-refractivity contribution is 0.280. The van der Waals surface area contributed by atoms with E-state index in [1.165, 1.54) is 48.7 Å². The Morgan fingerprint density at radius 2 is 2.00 bits per heavy atom. The third kappa shape index (κ3) is 3.13. The summed E-state index contributed by atoms with van der Waals surface area (Å²) >= 11 is 0. The van der Waals surface area contributed by atoms with Crippen molar-refractivity contribution in [1.82, 2.24) is 15.1 Å². The van der Waals surface area contributed by atoms with E-state index in [0.717, 1.165) is 19.0 Å². The van der Waals surface area contributed by atoms with Gasteiger partial charge in [-0.2, -0.15) is 5.10 Å². The molecule has 3 heteroatoms. The van der Waals surface area contributed by atoms with Gasteiger partial charge in [-0.3, -0.25) is 4.68 Å². The molecule has 2 aromatic rings. The maximum Gasteiger partial charge on any atom is 0.0841 e. The van der Waals surface area contributed by atoms with Crippen LogP contribution >= 0.6 is 0 Å². The van der Waals surface area contributed by atoms with Crippen molar-refractivity contribution in [2.24, 2.45) is 5.92 Å². The summed E-state index contributed by atoms with van der Waals surface area (Å²) in [5, 5.41) is 9.80. The van der Waals surface area contributed by atoms with Crippen LogP contribution in [0.3, 0.4) is 0 Å². The third-order valence-corrected chi connectivity index (χ3v) is 4.98. The highest BCUT2D eigenvalue weighted by atomic mass is 15.3. The zero-order valence-corrected chi connectivity index (χ0v) is 13.3. The van der Waals surface area contributed by atoms with Crippen molar-refractivity contribution in [3.05, 3.63) is 30.0 Å². The minimum absolute atomic E-state index is 0.593. The summed E-state index contributed by atoms with van der Waals surface area (Å²) in [7, 11) is 0. The lowest BCUT2D eigenvalue weighted by Crippen LogP contribution is -2.34. The lowest BCUT2D eigenvalue weighted by atomic mass is 9.84. The third-order valence-electron chi connectivity index (χ3n) is 4.98. The van der Waals surface area contributed by atoms with Gasteiger partial charge in [0, 0.05) is 24.5 Å². The molecule has 1 saturated carbocycles. The molecular formula is C18H27N3. The summed E-state index contributed by atoms with van der Waals surface area (Å²) in [6.45, 7) is 6.31. The maximum absolute atomic E-state index is 4.78. The molecule has 0 aliphatic heterocycles. The van der Waals surface area contributed by atoms with Crippen LogP contribution < -0.4 is 5.32 Å². The standard InChI is InChI=1S/C18H27N3/c1-3-21-18-12-8-7-11-16(18)17(20-21)13-19-14(2)15-9-5-4-6-10-15/h7-8,11-12,14-15,19H,3-6,9-10,13H2,1-2H3/t14-/m1/s1. The van der Waals surface area contributed by atoms with Crippen molar-refractivity contribution >= 4 is 10.9 Å². The van der Waals surface area contributed by atoms with E-state index >= 15 is 0 Å². The number of aromatic nitrogens is 2. The molecule has 1 aromatic heterocycles. The molecule has 0 unspecified atom stereocenters. The van der Waals surface area contributed by atoms with Crippen molar-refractivity contribution in [3.63, 3.8) is 0 Å². The molecule has 1 heterocycles. The Kier molecular flexibility index (Phi) is 4.59. The molecule has 3 rings (SSSR count). The van der Waals surface area contributed by atoms with E-state index in [2.05, 4.69) is 48.1 Å². The Morgan fingerprint density at radius 3 is 2.76 bits per heavy atom. The molecule has 1 fully saturated rings. The van der Waals surface area contributed by atoms with Crippen LogP contribution in [0.2, 0.25) is 0 Å². The van der Waals surface area contributed by atoms with E-state index in [0.29, 0.717) is 6.04 Å². The number of fused-ring (bicyclic) bond motifs is 1. The van der Waals surface area contributed by atoms with Crippen LogP contribution in [0, 0.1) is 5.92 Å². The van der Waals surface area contributed by atoms with Gasteiger partial charge in [-0.25, -0.2) is 0 Å². The van der Waals surface area contributed by atoms with Crippen LogP contribution in [0.25, 0.3) is 10.9 Å². The van der Waals surface area contributed by atoms with E-state index in [1.807, 2.05) is 0 Å². The van der Waals surface area contributed by atoms with Gasteiger partial charge in [0.15, 0.2) is 0 Å². The molecular weight excluding hydrogens is 258 g/mol. The molecule has 0 amide bonds. The Balaban J connectivity index is 1.70. The minimum Gasteiger partial charge on any atom is -0.308 e. The second-order valence-corrected chi connectivity index (χ2v) is 6.35. The highest BCUT2D eigenvalue weighted by Gasteiger charge is 2.20. The van der Waals surface area contributed by atoms with Crippen LogP contribution in [0.4, 0.5) is 0 Å². The summed E-state index contributed by atoms with van der Waals surface area (Å²) in [5.74, 6) is 0.846. The Hall–Kier alpha value is -1.35. The highest BCUT2D eigenvalue weighted by molar-refractivity contribution is 5.81. The minimum atomic E-state index is 0.593. The van der Waals surface area contributed by atoms with Crippen LogP contribution in [0.15, 0.2) is 24.3 Å². The zero-order chi connectivity index (χ0) is 14.7. The van der Waals surface area contributed by atoms with Crippen LogP contribution in [-0.4, -0.2) is 15.8 Å². The number of nitrogens with zero attached hydrogens (tertiary/aromatic N) is 2. The molecule has 21 heavy (non-hydrogen) atoms. The fourth-order valence-corrected chi connectivity index (χ4v) is 3.63. The van der Waals surface area contributed by atoms with Crippen molar-refractivity contribution in [3.8, 4) is 0 Å². The molecule has 1 N–H and O–H groups in total. The molecule has 0 bridgehead atoms. The van der Waals surface area contributed by atoms with Gasteiger partial charge in [0.1, 0.15) is 0 Å². The first-order chi connectivity index (χ1) is 10.3. The van der Waals surface area contributed by atoms with Gasteiger partial charge < -0.3 is 5.32 Å². The number of rotatable bonds is 5. The van der Waals surface area contributed by atoms with Gasteiger partial charge in [-0.15, -0.1) is 0 Å². The summed E-state index contributed by atoms with van der Waals surface area (Å²) in [6, 6.07) is 9.16. The Morgan fingerprint density at radius 1 is 1.24 bits per heavy atom. The second kappa shape index (κ2) is 6.61. The molecule has 114 valence electrons. The fourth-order valence-electron chi connectivity index (χ4n) is 3.63. The van der Waals surface area contributed by atoms with Gasteiger partial charge in [0.25, 0.3) is 0 Å². The predicted molar refractivity (Wildman–Crippen MR) is 88.3 cm³/mol. The first-order valence-electron chi connectivity index (χ1n) is 8.47. The molecule has 1 aliphatic rings. The smallest absolute Gasteiger partial charge is 0.0841 e. The Labute approximate surface area is 127 Å². The van der Waals surface area contributed by atoms with Crippen molar-refractivity contribution < 1.29 is 0 Å². The van der Waals surface area contributed by atoms with E-state index in [1.54, 1.807) is 0 Å². The van der Waals surface area contributed by atoms with Crippen LogP contribution in [0.5, 0.6) is 0 Å². The number of nitrogens with one attached hydrogen (secondary N) is 1. The van der Waals surface area contributed by atoms with Crippen molar-refractivity contribution in [2.75, 3.05) is 0 Å². The van der Waals surface area contributed by atoms with Gasteiger partial charge in [0.05, 0.1) is 11.2 Å². The summed E-state index contributed by atoms with van der Waals surface area (Å²) < 4.78 is 2.11. The number of aryl methyl sites for hydroxylation is 1. The highest BCUT2D eigenvalue weighted by Crippen LogP contribution is 2.26. The van der Waals surface area contributed by atoms with E-state index in [4.69, 9.17) is 5.10 Å². The summed E-state index contributed by atoms with van der Waals surface area (Å²) in [5.41, 5.74) is 2.44. The van der Waals surface area contributed by atoms with E-state index in [-0.39, 0.29) is 0 Å². The molecule has 1 aromatic carbocycles. The quantitative estimate of drug-likeness (QED) is 0.895. The van der Waals surface area contributed by atoms with Crippen LogP contribution in [-0.2, 0) is 13.1 Å². The van der Waals surface area contributed by atoms with E-state index in [9.17, 15) is 0 Å². The normalized spacial score (nSPS) is 18.2. The van der Waals surface area contributed by atoms with Gasteiger partial charge in [-0.1, -0.05) is 37.5 Å². The second-order valence-electron chi connectivity index (χ2n) is 6.35. The molecule has 0 saturated heterocycles. The number of hydrogen-bond acceptors (Lipinski definition) is 2. The van der Waals surface area contributed by atoms with Crippen LogP contribution in [0.1, 0.15) is 51.6 Å². The molecule has 0 radical (unpaired) electrons. The van der Waals surface area contributed by atoms with Gasteiger partial charge in [0.2, 0.25) is 0 Å². The average Bonchev–Trinajstić information content (AvgIpc) is 2.91. The van der Waals surface area contributed by atoms with Crippen molar-refractivity contribution in [2.45, 2.75) is 65.1 Å². The molecule has 0 spiro atoms. The monoisotopic (exact) mass is 285 g/mol. The first kappa shape index (κ1) is 14.6. The topological polar surface area (TPSA) is 29.9 Å². The zero-order valence-electron chi connectivity index (χ0n) is 13.3. The van der Waals surface area contributed by atoms with Gasteiger partial charge in [-0.05, 0) is 38.7 Å². The van der Waals surface area contributed by atoms with Gasteiger partial charge >= 0.3 is 0 Å². The average molecular weight is 285 g/mol. The SMILES string of the molecule is CCn1nc(CN[C@H](C)C2CCCCC2)c2ccccc21. The molecule has 1 atom stereocenters. The summed E-state index contributed by atoms with van der Waals surface area (Å²) in [6.07, 6.45) is 7.01. The summed E-state index contributed by atoms with van der Waals surface area (Å²) in [4.78, 5) is 0. The Bertz CT molecular complexity index is 581. The van der Waals surface area contributed by atoms with E-state index < -0.39 is 0 Å². The number of para-hydroxylation sites is 1. The molecule has 1 aliphatic carbocycles. The van der Waals surface area contributed by atoms with Crippen molar-refractivity contribution in [1.29, 1.82) is 0 Å². The maximum atomic E-state index is 4.78. The first-order valence-corrected chi connectivity index (χ1v) is 8.47. The lowest BCUT2D eigenvalue weighted by Gasteiger charge is -2.28. The number of benzene rings is 1.